The zero-order valence-electron chi connectivity index (χ0n) is 14.1. The Morgan fingerprint density at radius 1 is 1.29 bits per heavy atom. The van der Waals surface area contributed by atoms with Gasteiger partial charge in [0.15, 0.2) is 5.82 Å². The van der Waals surface area contributed by atoms with E-state index in [0.29, 0.717) is 37.3 Å². The molecule has 2 aliphatic rings. The Morgan fingerprint density at radius 3 is 2.54 bits per heavy atom. The van der Waals surface area contributed by atoms with E-state index in [1.165, 1.54) is 0 Å². The Bertz CT molecular complexity index is 672. The molecule has 3 rings (SSSR count). The second kappa shape index (κ2) is 6.73. The molecule has 0 radical (unpaired) electrons. The zero-order valence-corrected chi connectivity index (χ0v) is 14.1. The second-order valence-corrected chi connectivity index (χ2v) is 6.77. The van der Waals surface area contributed by atoms with Gasteiger partial charge in [0.25, 0.3) is 0 Å². The number of nitrogens with one attached hydrogen (secondary N) is 1. The molecule has 1 saturated carbocycles. The van der Waals surface area contributed by atoms with Crippen LogP contribution in [0.4, 0.5) is 5.82 Å². The molecule has 1 atom stereocenters. The van der Waals surface area contributed by atoms with Crippen molar-refractivity contribution in [1.82, 2.24) is 15.5 Å². The zero-order chi connectivity index (χ0) is 17.3. The molecule has 7 nitrogen and oxygen atoms in total. The summed E-state index contributed by atoms with van der Waals surface area (Å²) in [5.41, 5.74) is 2.18. The smallest absolute Gasteiger partial charge is 0.249 e. The quantitative estimate of drug-likeness (QED) is 0.848. The van der Waals surface area contributed by atoms with Gasteiger partial charge in [0.05, 0.1) is 5.69 Å². The third kappa shape index (κ3) is 3.34. The second-order valence-electron chi connectivity index (χ2n) is 6.77. The van der Waals surface area contributed by atoms with Crippen LogP contribution in [0.25, 0.3) is 0 Å². The Kier molecular flexibility index (Phi) is 4.67. The van der Waals surface area contributed by atoms with E-state index in [9.17, 15) is 15.2 Å². The molecule has 1 aliphatic carbocycles. The Hall–Kier alpha value is -2.20. The van der Waals surface area contributed by atoms with Crippen LogP contribution in [0.3, 0.4) is 0 Å². The minimum atomic E-state index is -0.950. The van der Waals surface area contributed by atoms with Gasteiger partial charge in [0.2, 0.25) is 5.91 Å². The van der Waals surface area contributed by atoms with Gasteiger partial charge in [-0.25, -0.2) is 0 Å². The van der Waals surface area contributed by atoms with Gasteiger partial charge < -0.3 is 15.3 Å². The summed E-state index contributed by atoms with van der Waals surface area (Å²) in [7, 11) is 0. The standard InChI is InChI=1S/C17H23N5O2/c1-10-11(2)20-21-16(14(10)9-18)22-7-5-12(6-8-22)15(23)17(24)19-13-3-4-13/h12-13,15,23H,3-8H2,1-2H3,(H,19,24)/t15-/m0/s1. The number of carbonyl (C=O) groups excluding carboxylic acids is 1. The minimum absolute atomic E-state index is 0.0509. The van der Waals surface area contributed by atoms with Gasteiger partial charge in [-0.15, -0.1) is 5.10 Å². The molecule has 2 N–H and O–H groups in total. The molecule has 1 amide bonds. The van der Waals surface area contributed by atoms with E-state index >= 15 is 0 Å². The molecule has 24 heavy (non-hydrogen) atoms. The number of anilines is 1. The Morgan fingerprint density at radius 2 is 1.96 bits per heavy atom. The van der Waals surface area contributed by atoms with Gasteiger partial charge in [0, 0.05) is 19.1 Å². The van der Waals surface area contributed by atoms with Crippen LogP contribution in [0.15, 0.2) is 0 Å². The topological polar surface area (TPSA) is 102 Å². The van der Waals surface area contributed by atoms with Crippen molar-refractivity contribution in [3.05, 3.63) is 16.8 Å². The van der Waals surface area contributed by atoms with E-state index in [0.717, 1.165) is 24.1 Å². The predicted molar refractivity (Wildman–Crippen MR) is 88.3 cm³/mol. The summed E-state index contributed by atoms with van der Waals surface area (Å²) in [5.74, 6) is 0.306. The molecule has 7 heteroatoms. The Labute approximate surface area is 141 Å². The number of aryl methyl sites for hydroxylation is 1. The fraction of sp³-hybridized carbons (Fsp3) is 0.647. The first-order valence-corrected chi connectivity index (χ1v) is 8.48. The van der Waals surface area contributed by atoms with Gasteiger partial charge in [-0.05, 0) is 51.0 Å². The minimum Gasteiger partial charge on any atom is -0.383 e. The van der Waals surface area contributed by atoms with Crippen LogP contribution in [0.5, 0.6) is 0 Å². The van der Waals surface area contributed by atoms with Crippen molar-refractivity contribution in [2.75, 3.05) is 18.0 Å². The highest BCUT2D eigenvalue weighted by molar-refractivity contribution is 5.81. The summed E-state index contributed by atoms with van der Waals surface area (Å²) in [5, 5.41) is 30.8. The number of aliphatic hydroxyl groups is 1. The average Bonchev–Trinajstić information content (AvgIpc) is 3.40. The number of carbonyl (C=O) groups is 1. The molecular formula is C17H23N5O2. The number of nitrogens with zero attached hydrogens (tertiary/aromatic N) is 4. The van der Waals surface area contributed by atoms with Crippen LogP contribution < -0.4 is 10.2 Å². The predicted octanol–water partition coefficient (Wildman–Crippen LogP) is 0.821. The van der Waals surface area contributed by atoms with Crippen molar-refractivity contribution in [3.8, 4) is 6.07 Å². The average molecular weight is 329 g/mol. The van der Waals surface area contributed by atoms with E-state index in [1.54, 1.807) is 0 Å². The molecule has 2 fully saturated rings. The molecule has 1 aromatic rings. The normalized spacial score (nSPS) is 19.7. The van der Waals surface area contributed by atoms with Crippen molar-refractivity contribution < 1.29 is 9.90 Å². The monoisotopic (exact) mass is 329 g/mol. The number of nitriles is 1. The number of hydrogen-bond donors (Lipinski definition) is 2. The van der Waals surface area contributed by atoms with Crippen LogP contribution in [0, 0.1) is 31.1 Å². The lowest BCUT2D eigenvalue weighted by Crippen LogP contribution is -2.45. The number of aromatic nitrogens is 2. The summed E-state index contributed by atoms with van der Waals surface area (Å²) in [6.07, 6.45) is 2.46. The molecule has 1 aliphatic heterocycles. The molecular weight excluding hydrogens is 306 g/mol. The summed E-state index contributed by atoms with van der Waals surface area (Å²) >= 11 is 0. The molecule has 1 saturated heterocycles. The first-order valence-electron chi connectivity index (χ1n) is 8.48. The highest BCUT2D eigenvalue weighted by Gasteiger charge is 2.33. The lowest BCUT2D eigenvalue weighted by molar-refractivity contribution is -0.132. The summed E-state index contributed by atoms with van der Waals surface area (Å²) in [6, 6.07) is 2.49. The van der Waals surface area contributed by atoms with Crippen LogP contribution in [-0.4, -0.2) is 46.4 Å². The summed E-state index contributed by atoms with van der Waals surface area (Å²) in [6.45, 7) is 5.04. The van der Waals surface area contributed by atoms with E-state index in [2.05, 4.69) is 21.6 Å². The maximum Gasteiger partial charge on any atom is 0.249 e. The lowest BCUT2D eigenvalue weighted by Gasteiger charge is -2.34. The van der Waals surface area contributed by atoms with Crippen LogP contribution in [0.1, 0.15) is 42.5 Å². The van der Waals surface area contributed by atoms with Gasteiger partial charge in [-0.2, -0.15) is 10.4 Å². The number of piperidine rings is 1. The third-order valence-electron chi connectivity index (χ3n) is 5.03. The largest absolute Gasteiger partial charge is 0.383 e. The van der Waals surface area contributed by atoms with Crippen LogP contribution >= 0.6 is 0 Å². The first kappa shape index (κ1) is 16.7. The van der Waals surface area contributed by atoms with Gasteiger partial charge >= 0.3 is 0 Å². The summed E-state index contributed by atoms with van der Waals surface area (Å²) < 4.78 is 0. The molecule has 0 bridgehead atoms. The maximum atomic E-state index is 12.0. The number of amides is 1. The summed E-state index contributed by atoms with van der Waals surface area (Å²) in [4.78, 5) is 14.0. The van der Waals surface area contributed by atoms with Gasteiger partial charge in [-0.1, -0.05) is 0 Å². The van der Waals surface area contributed by atoms with E-state index < -0.39 is 6.10 Å². The van der Waals surface area contributed by atoms with Crippen molar-refractivity contribution in [3.63, 3.8) is 0 Å². The molecule has 0 spiro atoms. The number of rotatable bonds is 4. The SMILES string of the molecule is Cc1nnc(N2CCC([C@H](O)C(=O)NC3CC3)CC2)c(C#N)c1C. The number of hydrogen-bond acceptors (Lipinski definition) is 6. The molecule has 1 aromatic heterocycles. The fourth-order valence-electron chi connectivity index (χ4n) is 3.11. The molecule has 0 aromatic carbocycles. The van der Waals surface area contributed by atoms with Crippen molar-refractivity contribution in [1.29, 1.82) is 5.26 Å². The highest BCUT2D eigenvalue weighted by Crippen LogP contribution is 2.28. The van der Waals surface area contributed by atoms with Gasteiger partial charge in [-0.3, -0.25) is 4.79 Å². The third-order valence-corrected chi connectivity index (χ3v) is 5.03. The molecule has 0 unspecified atom stereocenters. The van der Waals surface area contributed by atoms with Crippen molar-refractivity contribution in [2.24, 2.45) is 5.92 Å². The molecule has 128 valence electrons. The van der Waals surface area contributed by atoms with Gasteiger partial charge in [0.1, 0.15) is 17.7 Å². The molecule has 2 heterocycles. The lowest BCUT2D eigenvalue weighted by atomic mass is 9.90. The maximum absolute atomic E-state index is 12.0. The Balaban J connectivity index is 1.64. The first-order chi connectivity index (χ1) is 11.5. The van der Waals surface area contributed by atoms with E-state index in [1.807, 2.05) is 18.7 Å². The fourth-order valence-corrected chi connectivity index (χ4v) is 3.11. The van der Waals surface area contributed by atoms with E-state index in [-0.39, 0.29) is 17.9 Å². The van der Waals surface area contributed by atoms with Crippen LogP contribution in [0.2, 0.25) is 0 Å². The highest BCUT2D eigenvalue weighted by atomic mass is 16.3. The van der Waals surface area contributed by atoms with E-state index in [4.69, 9.17) is 0 Å². The number of aliphatic hydroxyl groups excluding tert-OH is 1. The van der Waals surface area contributed by atoms with Crippen molar-refractivity contribution in [2.45, 2.75) is 51.7 Å². The van der Waals surface area contributed by atoms with Crippen LogP contribution in [-0.2, 0) is 4.79 Å². The van der Waals surface area contributed by atoms with Crippen molar-refractivity contribution >= 4 is 11.7 Å².